The Morgan fingerprint density at radius 1 is 1.11 bits per heavy atom. The lowest BCUT2D eigenvalue weighted by atomic mass is 10.1. The molecule has 0 bridgehead atoms. The molecule has 3 heterocycles. The topological polar surface area (TPSA) is 69.6 Å². The van der Waals surface area contributed by atoms with Gasteiger partial charge in [-0.05, 0) is 47.7 Å². The lowest BCUT2D eigenvalue weighted by molar-refractivity contribution is -0.115. The van der Waals surface area contributed by atoms with Gasteiger partial charge in [0, 0.05) is 17.1 Å². The predicted octanol–water partition coefficient (Wildman–Crippen LogP) is 3.81. The van der Waals surface area contributed by atoms with Gasteiger partial charge in [0.15, 0.2) is 17.6 Å². The number of thioether (sulfide) groups is 1. The van der Waals surface area contributed by atoms with Crippen LogP contribution < -0.4 is 14.8 Å². The highest BCUT2D eigenvalue weighted by atomic mass is 32.2. The third kappa shape index (κ3) is 3.03. The summed E-state index contributed by atoms with van der Waals surface area (Å²) < 4.78 is 14.0. The number of aromatic nitrogens is 1. The molecule has 0 spiro atoms. The quantitative estimate of drug-likeness (QED) is 0.687. The van der Waals surface area contributed by atoms with Crippen molar-refractivity contribution in [3.63, 3.8) is 0 Å². The van der Waals surface area contributed by atoms with Gasteiger partial charge in [-0.1, -0.05) is 24.3 Å². The number of carbonyl (C=O) groups excluding carboxylic acids is 2. The van der Waals surface area contributed by atoms with Gasteiger partial charge in [-0.25, -0.2) is 0 Å². The van der Waals surface area contributed by atoms with Gasteiger partial charge in [-0.2, -0.15) is 0 Å². The summed E-state index contributed by atoms with van der Waals surface area (Å²) in [6, 6.07) is 15.6. The monoisotopic (exact) mass is 392 g/mol. The Bertz CT molecular complexity index is 1130. The summed E-state index contributed by atoms with van der Waals surface area (Å²) in [4.78, 5) is 23.6. The van der Waals surface area contributed by atoms with Crippen LogP contribution in [-0.4, -0.2) is 28.4 Å². The fourth-order valence-electron chi connectivity index (χ4n) is 3.47. The van der Waals surface area contributed by atoms with E-state index in [9.17, 15) is 9.59 Å². The fourth-order valence-corrected chi connectivity index (χ4v) is 4.14. The molecule has 1 saturated heterocycles. The number of hydrogen-bond donors (Lipinski definition) is 1. The number of fused-ring (bicyclic) bond motifs is 2. The molecule has 7 heteroatoms. The molecule has 1 fully saturated rings. The summed E-state index contributed by atoms with van der Waals surface area (Å²) in [7, 11) is 0. The van der Waals surface area contributed by atoms with E-state index in [0.29, 0.717) is 18.1 Å². The number of nitrogens with zero attached hydrogens (tertiary/aromatic N) is 1. The molecule has 3 aromatic rings. The van der Waals surface area contributed by atoms with E-state index in [4.69, 9.17) is 9.47 Å². The summed E-state index contributed by atoms with van der Waals surface area (Å²) in [6.07, 6.45) is 3.67. The standard InChI is InChI=1S/C21H16N2O4S/c24-20-19(28-21(25)22-20)10-13-4-3-5-16-15(13)8-9-23(16)11-14-12-26-17-6-1-2-7-18(17)27-14/h1-10,14H,11-12H2,(H,22,24,25). The van der Waals surface area contributed by atoms with E-state index < -0.39 is 0 Å². The van der Waals surface area contributed by atoms with Gasteiger partial charge < -0.3 is 14.0 Å². The number of amides is 2. The Labute approximate surface area is 165 Å². The molecule has 2 aromatic carbocycles. The van der Waals surface area contributed by atoms with E-state index in [2.05, 4.69) is 9.88 Å². The first-order valence-corrected chi connectivity index (χ1v) is 9.70. The first kappa shape index (κ1) is 16.9. The van der Waals surface area contributed by atoms with Crippen molar-refractivity contribution in [3.8, 4) is 11.5 Å². The number of imide groups is 1. The Morgan fingerprint density at radius 3 is 2.79 bits per heavy atom. The SMILES string of the molecule is O=C1NC(=O)C(=Cc2cccc3c2ccn3CC2COc3ccccc3O2)S1. The second-order valence-corrected chi connectivity index (χ2v) is 7.61. The summed E-state index contributed by atoms with van der Waals surface area (Å²) in [5.41, 5.74) is 1.93. The second kappa shape index (κ2) is 6.76. The number of rotatable bonds is 3. The van der Waals surface area contributed by atoms with E-state index in [1.807, 2.05) is 54.7 Å². The summed E-state index contributed by atoms with van der Waals surface area (Å²) in [5.74, 6) is 1.18. The van der Waals surface area contributed by atoms with Crippen molar-refractivity contribution < 1.29 is 19.1 Å². The van der Waals surface area contributed by atoms with E-state index in [0.717, 1.165) is 39.7 Å². The van der Waals surface area contributed by atoms with E-state index >= 15 is 0 Å². The first-order valence-electron chi connectivity index (χ1n) is 8.88. The normalized spacial score (nSPS) is 20.0. The van der Waals surface area contributed by atoms with Crippen LogP contribution in [0.2, 0.25) is 0 Å². The Kier molecular flexibility index (Phi) is 4.09. The van der Waals surface area contributed by atoms with Crippen LogP contribution in [0.4, 0.5) is 4.79 Å². The van der Waals surface area contributed by atoms with Crippen molar-refractivity contribution in [2.45, 2.75) is 12.6 Å². The lowest BCUT2D eigenvalue weighted by Crippen LogP contribution is -2.32. The Hall–Kier alpha value is -3.19. The van der Waals surface area contributed by atoms with Gasteiger partial charge >= 0.3 is 0 Å². The third-order valence-corrected chi connectivity index (χ3v) is 5.55. The molecule has 5 rings (SSSR count). The number of nitrogens with one attached hydrogen (secondary N) is 1. The number of benzene rings is 2. The molecule has 2 aliphatic heterocycles. The van der Waals surface area contributed by atoms with Crippen LogP contribution in [0.1, 0.15) is 5.56 Å². The highest BCUT2D eigenvalue weighted by Crippen LogP contribution is 2.32. The molecular weight excluding hydrogens is 376 g/mol. The molecular formula is C21H16N2O4S. The van der Waals surface area contributed by atoms with E-state index in [1.165, 1.54) is 0 Å². The van der Waals surface area contributed by atoms with Crippen molar-refractivity contribution >= 4 is 39.9 Å². The summed E-state index contributed by atoms with van der Waals surface area (Å²) >= 11 is 0.924. The van der Waals surface area contributed by atoms with Crippen molar-refractivity contribution in [2.75, 3.05) is 6.61 Å². The maximum atomic E-state index is 11.8. The molecule has 0 aliphatic carbocycles. The van der Waals surface area contributed by atoms with Crippen molar-refractivity contribution in [1.82, 2.24) is 9.88 Å². The van der Waals surface area contributed by atoms with Gasteiger partial charge in [0.1, 0.15) is 6.61 Å². The van der Waals surface area contributed by atoms with Gasteiger partial charge in [-0.15, -0.1) is 0 Å². The lowest BCUT2D eigenvalue weighted by Gasteiger charge is -2.27. The van der Waals surface area contributed by atoms with Gasteiger partial charge in [-0.3, -0.25) is 14.9 Å². The zero-order chi connectivity index (χ0) is 19.1. The van der Waals surface area contributed by atoms with Crippen LogP contribution in [-0.2, 0) is 11.3 Å². The first-order chi connectivity index (χ1) is 13.7. The van der Waals surface area contributed by atoms with Crippen LogP contribution in [0.3, 0.4) is 0 Å². The average Bonchev–Trinajstić information content (AvgIpc) is 3.25. The maximum Gasteiger partial charge on any atom is 0.290 e. The van der Waals surface area contributed by atoms with Gasteiger partial charge in [0.25, 0.3) is 11.1 Å². The molecule has 1 aromatic heterocycles. The second-order valence-electron chi connectivity index (χ2n) is 6.60. The number of ether oxygens (including phenoxy) is 2. The molecule has 2 amide bonds. The zero-order valence-corrected chi connectivity index (χ0v) is 15.6. The molecule has 28 heavy (non-hydrogen) atoms. The minimum atomic E-state index is -0.349. The van der Waals surface area contributed by atoms with Crippen LogP contribution in [0.5, 0.6) is 11.5 Å². The van der Waals surface area contributed by atoms with E-state index in [1.54, 1.807) is 6.08 Å². The van der Waals surface area contributed by atoms with Crippen LogP contribution in [0.15, 0.2) is 59.6 Å². The molecule has 1 N–H and O–H groups in total. The largest absolute Gasteiger partial charge is 0.486 e. The van der Waals surface area contributed by atoms with Crippen LogP contribution in [0, 0.1) is 0 Å². The highest BCUT2D eigenvalue weighted by Gasteiger charge is 2.25. The fraction of sp³-hybridized carbons (Fsp3) is 0.143. The maximum absolute atomic E-state index is 11.8. The predicted molar refractivity (Wildman–Crippen MR) is 107 cm³/mol. The molecule has 0 radical (unpaired) electrons. The number of carbonyl (C=O) groups is 2. The molecule has 2 aliphatic rings. The molecule has 1 atom stereocenters. The number of para-hydroxylation sites is 2. The molecule has 6 nitrogen and oxygen atoms in total. The van der Waals surface area contributed by atoms with Gasteiger partial charge in [0.05, 0.1) is 11.4 Å². The summed E-state index contributed by atoms with van der Waals surface area (Å²) in [6.45, 7) is 1.13. The van der Waals surface area contributed by atoms with Crippen LogP contribution in [0.25, 0.3) is 17.0 Å². The minimum absolute atomic E-state index is 0.0960. The average molecular weight is 392 g/mol. The van der Waals surface area contributed by atoms with Crippen molar-refractivity contribution in [1.29, 1.82) is 0 Å². The van der Waals surface area contributed by atoms with Gasteiger partial charge in [0.2, 0.25) is 0 Å². The minimum Gasteiger partial charge on any atom is -0.486 e. The van der Waals surface area contributed by atoms with Crippen molar-refractivity contribution in [3.05, 3.63) is 65.2 Å². The molecule has 1 unspecified atom stereocenters. The summed E-state index contributed by atoms with van der Waals surface area (Å²) in [5, 5.41) is 2.96. The van der Waals surface area contributed by atoms with Crippen molar-refractivity contribution in [2.24, 2.45) is 0 Å². The smallest absolute Gasteiger partial charge is 0.290 e. The third-order valence-electron chi connectivity index (χ3n) is 4.74. The number of hydrogen-bond acceptors (Lipinski definition) is 5. The van der Waals surface area contributed by atoms with Crippen LogP contribution >= 0.6 is 11.8 Å². The molecule has 0 saturated carbocycles. The highest BCUT2D eigenvalue weighted by molar-refractivity contribution is 8.18. The Balaban J connectivity index is 1.42. The zero-order valence-electron chi connectivity index (χ0n) is 14.8. The van der Waals surface area contributed by atoms with E-state index in [-0.39, 0.29) is 17.3 Å². The Morgan fingerprint density at radius 2 is 1.96 bits per heavy atom. The molecule has 140 valence electrons.